The molecule has 0 fully saturated rings. The summed E-state index contributed by atoms with van der Waals surface area (Å²) in [6.45, 7) is 7.25. The van der Waals surface area contributed by atoms with Gasteiger partial charge in [0.05, 0.1) is 11.9 Å². The molecule has 0 aromatic carbocycles. The molecule has 1 heterocycles. The van der Waals surface area contributed by atoms with Crippen LogP contribution in [0.1, 0.15) is 25.8 Å². The molecule has 0 spiro atoms. The van der Waals surface area contributed by atoms with Crippen LogP contribution in [0.15, 0.2) is 12.3 Å². The van der Waals surface area contributed by atoms with Crippen LogP contribution in [0.3, 0.4) is 0 Å². The molecule has 4 N–H and O–H groups in total. The Labute approximate surface area is 108 Å². The molecule has 100 valence electrons. The summed E-state index contributed by atoms with van der Waals surface area (Å²) >= 11 is 0. The normalized spacial score (nSPS) is 10.4. The van der Waals surface area contributed by atoms with Crippen LogP contribution in [-0.2, 0) is 4.79 Å². The van der Waals surface area contributed by atoms with Crippen molar-refractivity contribution >= 4 is 17.4 Å². The number of nitrogens with one attached hydrogen (secondary N) is 2. The van der Waals surface area contributed by atoms with Crippen molar-refractivity contribution in [2.45, 2.75) is 27.2 Å². The molecule has 0 atom stereocenters. The molecule has 0 saturated carbocycles. The standard InChI is InChI=1S/C13H22N4O/c1-9(2)6-12(18)15-4-5-16-13-10(3)7-11(14)8-17-13/h7-9H,4-6,14H2,1-3H3,(H,15,18)(H,16,17). The third-order valence-electron chi connectivity index (χ3n) is 2.43. The number of aryl methyl sites for hydroxylation is 1. The number of nitrogens with two attached hydrogens (primary N) is 1. The molecule has 5 heteroatoms. The van der Waals surface area contributed by atoms with Gasteiger partial charge in [0.25, 0.3) is 0 Å². The number of pyridine rings is 1. The number of aromatic nitrogens is 1. The Balaban J connectivity index is 2.27. The van der Waals surface area contributed by atoms with Crippen LogP contribution in [0.5, 0.6) is 0 Å². The lowest BCUT2D eigenvalue weighted by Gasteiger charge is -2.10. The Bertz CT molecular complexity index is 404. The highest BCUT2D eigenvalue weighted by molar-refractivity contribution is 5.76. The molecule has 1 aromatic rings. The highest BCUT2D eigenvalue weighted by Crippen LogP contribution is 2.13. The molecule has 0 bridgehead atoms. The molecule has 5 nitrogen and oxygen atoms in total. The van der Waals surface area contributed by atoms with Crippen molar-refractivity contribution in [3.8, 4) is 0 Å². The van der Waals surface area contributed by atoms with Gasteiger partial charge in [-0.2, -0.15) is 0 Å². The number of hydrogen-bond acceptors (Lipinski definition) is 4. The van der Waals surface area contributed by atoms with E-state index in [2.05, 4.69) is 15.6 Å². The van der Waals surface area contributed by atoms with Crippen molar-refractivity contribution in [1.82, 2.24) is 10.3 Å². The summed E-state index contributed by atoms with van der Waals surface area (Å²) < 4.78 is 0. The topological polar surface area (TPSA) is 80.0 Å². The van der Waals surface area contributed by atoms with E-state index in [0.717, 1.165) is 11.4 Å². The van der Waals surface area contributed by atoms with Gasteiger partial charge in [-0.25, -0.2) is 4.98 Å². The largest absolute Gasteiger partial charge is 0.397 e. The first-order chi connectivity index (χ1) is 8.49. The lowest BCUT2D eigenvalue weighted by molar-refractivity contribution is -0.121. The van der Waals surface area contributed by atoms with E-state index in [1.54, 1.807) is 6.20 Å². The summed E-state index contributed by atoms with van der Waals surface area (Å²) in [5.41, 5.74) is 7.28. The fraction of sp³-hybridized carbons (Fsp3) is 0.538. The van der Waals surface area contributed by atoms with Crippen LogP contribution in [0.25, 0.3) is 0 Å². The predicted molar refractivity (Wildman–Crippen MR) is 74.3 cm³/mol. The zero-order valence-corrected chi connectivity index (χ0v) is 11.3. The van der Waals surface area contributed by atoms with E-state index < -0.39 is 0 Å². The minimum absolute atomic E-state index is 0.0915. The van der Waals surface area contributed by atoms with Gasteiger partial charge in [-0.05, 0) is 24.5 Å². The van der Waals surface area contributed by atoms with Crippen molar-refractivity contribution in [1.29, 1.82) is 0 Å². The van der Waals surface area contributed by atoms with E-state index in [9.17, 15) is 4.79 Å². The van der Waals surface area contributed by atoms with E-state index in [0.29, 0.717) is 31.1 Å². The summed E-state index contributed by atoms with van der Waals surface area (Å²) in [4.78, 5) is 15.6. The Morgan fingerprint density at radius 3 is 2.78 bits per heavy atom. The molecule has 1 rings (SSSR count). The average Bonchev–Trinajstić information content (AvgIpc) is 2.25. The van der Waals surface area contributed by atoms with Gasteiger partial charge in [0.1, 0.15) is 5.82 Å². The zero-order chi connectivity index (χ0) is 13.5. The van der Waals surface area contributed by atoms with Crippen molar-refractivity contribution in [3.05, 3.63) is 17.8 Å². The summed E-state index contributed by atoms with van der Waals surface area (Å²) in [6, 6.07) is 1.87. The smallest absolute Gasteiger partial charge is 0.220 e. The fourth-order valence-electron chi connectivity index (χ4n) is 1.61. The molecule has 0 saturated heterocycles. The Morgan fingerprint density at radius 2 is 2.17 bits per heavy atom. The van der Waals surface area contributed by atoms with Crippen LogP contribution in [0.2, 0.25) is 0 Å². The molecule has 0 radical (unpaired) electrons. The number of nitrogens with zero attached hydrogens (tertiary/aromatic N) is 1. The number of nitrogen functional groups attached to an aromatic ring is 1. The lowest BCUT2D eigenvalue weighted by Crippen LogP contribution is -2.29. The van der Waals surface area contributed by atoms with Gasteiger partial charge in [-0.1, -0.05) is 13.8 Å². The molecule has 0 aliphatic heterocycles. The number of rotatable bonds is 6. The van der Waals surface area contributed by atoms with Crippen LogP contribution >= 0.6 is 0 Å². The first kappa shape index (κ1) is 14.3. The van der Waals surface area contributed by atoms with Crippen molar-refractivity contribution in [2.75, 3.05) is 24.1 Å². The van der Waals surface area contributed by atoms with Gasteiger partial charge >= 0.3 is 0 Å². The summed E-state index contributed by atoms with van der Waals surface area (Å²) in [5, 5.41) is 6.03. The molecule has 1 amide bonds. The quantitative estimate of drug-likeness (QED) is 0.669. The van der Waals surface area contributed by atoms with Crippen LogP contribution in [0, 0.1) is 12.8 Å². The maximum atomic E-state index is 11.4. The van der Waals surface area contributed by atoms with Crippen LogP contribution in [-0.4, -0.2) is 24.0 Å². The number of anilines is 2. The maximum absolute atomic E-state index is 11.4. The van der Waals surface area contributed by atoms with Gasteiger partial charge in [-0.3, -0.25) is 4.79 Å². The molecular weight excluding hydrogens is 228 g/mol. The van der Waals surface area contributed by atoms with Gasteiger partial charge < -0.3 is 16.4 Å². The summed E-state index contributed by atoms with van der Waals surface area (Å²) in [7, 11) is 0. The van der Waals surface area contributed by atoms with E-state index in [1.165, 1.54) is 0 Å². The third-order valence-corrected chi connectivity index (χ3v) is 2.43. The van der Waals surface area contributed by atoms with Crippen molar-refractivity contribution in [2.24, 2.45) is 5.92 Å². The van der Waals surface area contributed by atoms with Gasteiger partial charge in [-0.15, -0.1) is 0 Å². The van der Waals surface area contributed by atoms with Crippen LogP contribution in [0.4, 0.5) is 11.5 Å². The average molecular weight is 250 g/mol. The van der Waals surface area contributed by atoms with E-state index in [-0.39, 0.29) is 5.91 Å². The highest BCUT2D eigenvalue weighted by atomic mass is 16.1. The molecule has 0 aliphatic carbocycles. The molecule has 18 heavy (non-hydrogen) atoms. The van der Waals surface area contributed by atoms with Gasteiger partial charge in [0.15, 0.2) is 0 Å². The molecule has 0 aliphatic rings. The van der Waals surface area contributed by atoms with E-state index in [1.807, 2.05) is 26.8 Å². The third kappa shape index (κ3) is 5.03. The summed E-state index contributed by atoms with van der Waals surface area (Å²) in [6.07, 6.45) is 2.19. The molecule has 0 unspecified atom stereocenters. The first-order valence-electron chi connectivity index (χ1n) is 6.21. The monoisotopic (exact) mass is 250 g/mol. The minimum Gasteiger partial charge on any atom is -0.397 e. The molecular formula is C13H22N4O. The minimum atomic E-state index is 0.0915. The lowest BCUT2D eigenvalue weighted by atomic mass is 10.1. The number of hydrogen-bond donors (Lipinski definition) is 3. The highest BCUT2D eigenvalue weighted by Gasteiger charge is 2.04. The number of carbonyl (C=O) groups excluding carboxylic acids is 1. The van der Waals surface area contributed by atoms with Gasteiger partial charge in [0, 0.05) is 19.5 Å². The maximum Gasteiger partial charge on any atom is 0.220 e. The second-order valence-electron chi connectivity index (χ2n) is 4.81. The SMILES string of the molecule is Cc1cc(N)cnc1NCCNC(=O)CC(C)C. The zero-order valence-electron chi connectivity index (χ0n) is 11.3. The predicted octanol–water partition coefficient (Wildman–Crippen LogP) is 1.55. The Hall–Kier alpha value is -1.78. The summed E-state index contributed by atoms with van der Waals surface area (Å²) in [5.74, 6) is 1.29. The van der Waals surface area contributed by atoms with Gasteiger partial charge in [0.2, 0.25) is 5.91 Å². The fourth-order valence-corrected chi connectivity index (χ4v) is 1.61. The molecule has 1 aromatic heterocycles. The van der Waals surface area contributed by atoms with Crippen molar-refractivity contribution in [3.63, 3.8) is 0 Å². The number of carbonyl (C=O) groups is 1. The van der Waals surface area contributed by atoms with Crippen molar-refractivity contribution < 1.29 is 4.79 Å². The Kier molecular flexibility index (Phi) is 5.42. The van der Waals surface area contributed by atoms with E-state index in [4.69, 9.17) is 5.73 Å². The Morgan fingerprint density at radius 1 is 1.44 bits per heavy atom. The van der Waals surface area contributed by atoms with E-state index >= 15 is 0 Å². The second kappa shape index (κ2) is 6.83. The first-order valence-corrected chi connectivity index (χ1v) is 6.21. The second-order valence-corrected chi connectivity index (χ2v) is 4.81. The van der Waals surface area contributed by atoms with Crippen LogP contribution < -0.4 is 16.4 Å². The number of amides is 1.